The fourth-order valence-corrected chi connectivity index (χ4v) is 2.75. The van der Waals surface area contributed by atoms with Crippen LogP contribution in [-0.2, 0) is 9.59 Å². The van der Waals surface area contributed by atoms with E-state index >= 15 is 0 Å². The number of hydrogen-bond acceptors (Lipinski definition) is 6. The molecule has 9 nitrogen and oxygen atoms in total. The van der Waals surface area contributed by atoms with Crippen molar-refractivity contribution < 1.29 is 24.0 Å². The molecule has 2 unspecified atom stereocenters. The van der Waals surface area contributed by atoms with Crippen molar-refractivity contribution in [3.05, 3.63) is 64.2 Å². The Bertz CT molecular complexity index is 900. The first-order valence-corrected chi connectivity index (χ1v) is 10.1. The van der Waals surface area contributed by atoms with Gasteiger partial charge in [0.05, 0.1) is 4.92 Å². The van der Waals surface area contributed by atoms with E-state index < -0.39 is 22.8 Å². The van der Waals surface area contributed by atoms with Crippen molar-refractivity contribution in [2.75, 3.05) is 6.61 Å². The quantitative estimate of drug-likeness (QED) is 0.441. The second kappa shape index (κ2) is 11.5. The van der Waals surface area contributed by atoms with Gasteiger partial charge in [-0.05, 0) is 42.5 Å². The maximum atomic E-state index is 12.5. The number of nitrogens with zero attached hydrogens (tertiary/aromatic N) is 1. The second-order valence-corrected chi connectivity index (χ2v) is 6.94. The maximum absolute atomic E-state index is 12.5. The predicted octanol–water partition coefficient (Wildman–Crippen LogP) is 3.49. The van der Waals surface area contributed by atoms with Crippen molar-refractivity contribution in [2.45, 2.75) is 45.6 Å². The third-order valence-electron chi connectivity index (χ3n) is 4.74. The lowest BCUT2D eigenvalue weighted by Crippen LogP contribution is -2.49. The molecule has 0 spiro atoms. The van der Waals surface area contributed by atoms with Gasteiger partial charge in [-0.25, -0.2) is 0 Å². The van der Waals surface area contributed by atoms with E-state index in [0.717, 1.165) is 12.0 Å². The van der Waals surface area contributed by atoms with Crippen LogP contribution in [0.25, 0.3) is 0 Å². The van der Waals surface area contributed by atoms with Gasteiger partial charge in [0.15, 0.2) is 12.7 Å². The average molecular weight is 429 g/mol. The predicted molar refractivity (Wildman–Crippen MR) is 115 cm³/mol. The number of hydrogen-bond donors (Lipinski definition) is 2. The normalized spacial score (nSPS) is 12.4. The van der Waals surface area contributed by atoms with E-state index in [2.05, 4.69) is 24.7 Å². The molecular weight excluding hydrogens is 402 g/mol. The first-order chi connectivity index (χ1) is 14.8. The number of nitro groups is 1. The molecule has 2 aromatic carbocycles. The van der Waals surface area contributed by atoms with E-state index in [1.54, 1.807) is 0 Å². The fraction of sp³-hybridized carbons (Fsp3) is 0.364. The lowest BCUT2D eigenvalue weighted by molar-refractivity contribution is -0.384. The minimum Gasteiger partial charge on any atom is -0.484 e. The molecule has 0 saturated heterocycles. The third-order valence-corrected chi connectivity index (χ3v) is 4.74. The number of para-hydroxylation sites is 1. The van der Waals surface area contributed by atoms with Gasteiger partial charge in [0, 0.05) is 12.1 Å². The van der Waals surface area contributed by atoms with Crippen molar-refractivity contribution in [1.29, 1.82) is 0 Å². The molecule has 0 heterocycles. The number of carbonyl (C=O) groups is 2. The lowest BCUT2D eigenvalue weighted by atomic mass is 9.98. The molecule has 9 heteroatoms. The van der Waals surface area contributed by atoms with E-state index in [4.69, 9.17) is 9.47 Å². The molecule has 0 aromatic heterocycles. The summed E-state index contributed by atoms with van der Waals surface area (Å²) in [5.41, 5.74) is 5.57. The van der Waals surface area contributed by atoms with Crippen LogP contribution in [0.2, 0.25) is 0 Å². The zero-order valence-corrected chi connectivity index (χ0v) is 17.8. The number of carbonyl (C=O) groups excluding carboxylic acids is 2. The van der Waals surface area contributed by atoms with E-state index in [1.807, 2.05) is 31.2 Å². The average Bonchev–Trinajstić information content (AvgIpc) is 2.79. The number of amides is 2. The highest BCUT2D eigenvalue weighted by Gasteiger charge is 2.21. The third kappa shape index (κ3) is 6.98. The summed E-state index contributed by atoms with van der Waals surface area (Å²) in [6.45, 7) is 5.62. The highest BCUT2D eigenvalue weighted by Crippen LogP contribution is 2.29. The van der Waals surface area contributed by atoms with Crippen molar-refractivity contribution in [1.82, 2.24) is 10.9 Å². The van der Waals surface area contributed by atoms with Gasteiger partial charge in [0.25, 0.3) is 17.5 Å². The number of non-ortho nitro benzene ring substituents is 1. The summed E-state index contributed by atoms with van der Waals surface area (Å²) in [4.78, 5) is 34.5. The molecule has 0 fully saturated rings. The van der Waals surface area contributed by atoms with Crippen molar-refractivity contribution in [2.24, 2.45) is 0 Å². The molecule has 2 atom stereocenters. The van der Waals surface area contributed by atoms with Crippen LogP contribution >= 0.6 is 0 Å². The minimum atomic E-state index is -0.777. The molecule has 166 valence electrons. The van der Waals surface area contributed by atoms with E-state index in [-0.39, 0.29) is 18.2 Å². The Labute approximate surface area is 180 Å². The van der Waals surface area contributed by atoms with Gasteiger partial charge in [0.1, 0.15) is 11.5 Å². The minimum absolute atomic E-state index is 0.0791. The van der Waals surface area contributed by atoms with Crippen molar-refractivity contribution >= 4 is 17.5 Å². The molecule has 0 aliphatic rings. The van der Waals surface area contributed by atoms with Gasteiger partial charge in [-0.15, -0.1) is 0 Å². The van der Waals surface area contributed by atoms with Crippen LogP contribution in [0.4, 0.5) is 5.69 Å². The Morgan fingerprint density at radius 1 is 1.03 bits per heavy atom. The largest absolute Gasteiger partial charge is 0.484 e. The molecule has 0 aliphatic heterocycles. The summed E-state index contributed by atoms with van der Waals surface area (Å²) in [6.07, 6.45) is 0.574. The monoisotopic (exact) mass is 429 g/mol. The highest BCUT2D eigenvalue weighted by atomic mass is 16.6. The van der Waals surface area contributed by atoms with Crippen molar-refractivity contribution in [3.63, 3.8) is 0 Å². The summed E-state index contributed by atoms with van der Waals surface area (Å²) >= 11 is 0. The molecule has 0 radical (unpaired) electrons. The van der Waals surface area contributed by atoms with E-state index in [9.17, 15) is 19.7 Å². The summed E-state index contributed by atoms with van der Waals surface area (Å²) in [7, 11) is 0. The first-order valence-electron chi connectivity index (χ1n) is 10.1. The van der Waals surface area contributed by atoms with Crippen molar-refractivity contribution in [3.8, 4) is 11.5 Å². The Balaban J connectivity index is 1.86. The topological polar surface area (TPSA) is 120 Å². The lowest BCUT2D eigenvalue weighted by Gasteiger charge is -2.21. The molecule has 2 amide bonds. The molecule has 2 N–H and O–H groups in total. The van der Waals surface area contributed by atoms with Gasteiger partial charge < -0.3 is 9.47 Å². The van der Waals surface area contributed by atoms with Gasteiger partial charge in [-0.1, -0.05) is 39.0 Å². The summed E-state index contributed by atoms with van der Waals surface area (Å²) in [5, 5.41) is 10.6. The van der Waals surface area contributed by atoms with Gasteiger partial charge in [0.2, 0.25) is 0 Å². The number of rotatable bonds is 10. The molecule has 0 saturated carbocycles. The van der Waals surface area contributed by atoms with Crippen LogP contribution in [0.3, 0.4) is 0 Å². The van der Waals surface area contributed by atoms with Crippen LogP contribution < -0.4 is 20.3 Å². The summed E-state index contributed by atoms with van der Waals surface area (Å²) < 4.78 is 11.2. The zero-order valence-electron chi connectivity index (χ0n) is 17.8. The Hall–Kier alpha value is -3.62. The number of benzene rings is 2. The van der Waals surface area contributed by atoms with Crippen LogP contribution in [0.5, 0.6) is 11.5 Å². The molecule has 2 rings (SSSR count). The highest BCUT2D eigenvalue weighted by molar-refractivity contribution is 5.85. The van der Waals surface area contributed by atoms with Crippen LogP contribution in [0.1, 0.15) is 45.1 Å². The molecule has 0 aliphatic carbocycles. The zero-order chi connectivity index (χ0) is 22.8. The Morgan fingerprint density at radius 2 is 1.71 bits per heavy atom. The number of nitro benzene ring substituents is 1. The molecular formula is C22H27N3O6. The smallest absolute Gasteiger partial charge is 0.279 e. The molecule has 2 aromatic rings. The molecule has 31 heavy (non-hydrogen) atoms. The first kappa shape index (κ1) is 23.7. The maximum Gasteiger partial charge on any atom is 0.279 e. The van der Waals surface area contributed by atoms with Gasteiger partial charge in [-0.3, -0.25) is 30.6 Å². The molecule has 0 bridgehead atoms. The van der Waals surface area contributed by atoms with Crippen LogP contribution in [0.15, 0.2) is 48.5 Å². The van der Waals surface area contributed by atoms with Gasteiger partial charge >= 0.3 is 0 Å². The second-order valence-electron chi connectivity index (χ2n) is 6.94. The SMILES string of the molecule is CCC(Oc1ccccc1C(C)CC)C(=O)NNC(=O)COc1ccc([N+](=O)[O-])cc1. The summed E-state index contributed by atoms with van der Waals surface area (Å²) in [5.74, 6) is 0.162. The number of nitrogens with one attached hydrogen (secondary N) is 2. The summed E-state index contributed by atoms with van der Waals surface area (Å²) in [6, 6.07) is 12.9. The van der Waals surface area contributed by atoms with E-state index in [0.29, 0.717) is 17.9 Å². The Kier molecular flexibility index (Phi) is 8.80. The Morgan fingerprint density at radius 3 is 2.32 bits per heavy atom. The standard InChI is InChI=1S/C22H27N3O6/c1-4-15(3)18-8-6-7-9-20(18)31-19(5-2)22(27)24-23-21(26)14-30-17-12-10-16(11-13-17)25(28)29/h6-13,15,19H,4-5,14H2,1-3H3,(H,23,26)(H,24,27). The number of hydrazine groups is 1. The van der Waals surface area contributed by atoms with Crippen LogP contribution in [0, 0.1) is 10.1 Å². The van der Waals surface area contributed by atoms with Crippen LogP contribution in [-0.4, -0.2) is 29.4 Å². The fourth-order valence-electron chi connectivity index (χ4n) is 2.75. The number of ether oxygens (including phenoxy) is 2. The van der Waals surface area contributed by atoms with E-state index in [1.165, 1.54) is 24.3 Å². The van der Waals surface area contributed by atoms with Gasteiger partial charge in [-0.2, -0.15) is 0 Å².